The number of aryl methyl sites for hydroxylation is 1. The Bertz CT molecular complexity index is 851. The van der Waals surface area contributed by atoms with Gasteiger partial charge in [0.2, 0.25) is 0 Å². The summed E-state index contributed by atoms with van der Waals surface area (Å²) in [5.74, 6) is -1.09. The number of carbonyl (C=O) groups excluding carboxylic acids is 2. The fraction of sp³-hybridized carbons (Fsp3) is 0.316. The van der Waals surface area contributed by atoms with Crippen LogP contribution in [0.4, 0.5) is 5.69 Å². The highest BCUT2D eigenvalue weighted by Crippen LogP contribution is 2.27. The summed E-state index contributed by atoms with van der Waals surface area (Å²) in [5, 5.41) is 14.0. The molecule has 0 fully saturated rings. The molecule has 1 N–H and O–H groups in total. The van der Waals surface area contributed by atoms with Crippen molar-refractivity contribution in [3.05, 3.63) is 69.5 Å². The summed E-state index contributed by atoms with van der Waals surface area (Å²) >= 11 is 0. The number of aromatic nitrogens is 1. The van der Waals surface area contributed by atoms with Gasteiger partial charge in [0.1, 0.15) is 5.69 Å². The molecule has 0 saturated carbocycles. The zero-order valence-corrected chi connectivity index (χ0v) is 15.3. The molecule has 0 saturated heterocycles. The maximum absolute atomic E-state index is 12.6. The second-order valence-corrected chi connectivity index (χ2v) is 6.25. The summed E-state index contributed by atoms with van der Waals surface area (Å²) in [4.78, 5) is 39.7. The number of esters is 1. The highest BCUT2D eigenvalue weighted by atomic mass is 16.6. The second-order valence-electron chi connectivity index (χ2n) is 6.25. The van der Waals surface area contributed by atoms with E-state index < -0.39 is 22.8 Å². The number of nitrogens with one attached hydrogen (secondary N) is 1. The molecule has 27 heavy (non-hydrogen) atoms. The van der Waals surface area contributed by atoms with E-state index in [0.717, 1.165) is 0 Å². The molecule has 0 bridgehead atoms. The molecule has 1 aromatic heterocycles. The fourth-order valence-corrected chi connectivity index (χ4v) is 2.57. The van der Waals surface area contributed by atoms with Gasteiger partial charge in [0, 0.05) is 11.8 Å². The third kappa shape index (κ3) is 5.60. The van der Waals surface area contributed by atoms with E-state index in [2.05, 4.69) is 10.3 Å². The van der Waals surface area contributed by atoms with Crippen LogP contribution in [-0.2, 0) is 9.53 Å². The van der Waals surface area contributed by atoms with E-state index in [1.54, 1.807) is 39.0 Å². The minimum Gasteiger partial charge on any atom is -0.463 e. The lowest BCUT2D eigenvalue weighted by Gasteiger charge is -2.19. The SMILES string of the molecule is Cc1cccc(C(=O)NC(CC(=O)OC(C)C)c2ccccc2[N+](=O)[O-])n1. The van der Waals surface area contributed by atoms with Crippen LogP contribution in [-0.4, -0.2) is 27.9 Å². The Labute approximate surface area is 156 Å². The molecule has 1 atom stereocenters. The molecular formula is C19H21N3O5. The monoisotopic (exact) mass is 371 g/mol. The Hall–Kier alpha value is -3.29. The van der Waals surface area contributed by atoms with Gasteiger partial charge in [-0.25, -0.2) is 4.98 Å². The standard InChI is InChI=1S/C19H21N3O5/c1-12(2)27-18(23)11-16(14-8-4-5-10-17(14)22(25)26)21-19(24)15-9-6-7-13(3)20-15/h4-10,12,16H,11H2,1-3H3,(H,21,24). The Balaban J connectivity index is 2.34. The van der Waals surface area contributed by atoms with Crippen LogP contribution >= 0.6 is 0 Å². The number of rotatable bonds is 7. The van der Waals surface area contributed by atoms with Crippen LogP contribution in [0.2, 0.25) is 0 Å². The Morgan fingerprint density at radius 1 is 1.19 bits per heavy atom. The van der Waals surface area contributed by atoms with E-state index in [0.29, 0.717) is 5.69 Å². The molecule has 2 rings (SSSR count). The normalized spacial score (nSPS) is 11.7. The van der Waals surface area contributed by atoms with Gasteiger partial charge < -0.3 is 10.1 Å². The molecule has 2 aromatic rings. The number of para-hydroxylation sites is 1. The summed E-state index contributed by atoms with van der Waals surface area (Å²) < 4.78 is 5.13. The molecule has 0 spiro atoms. The molecule has 0 aliphatic heterocycles. The third-order valence-electron chi connectivity index (χ3n) is 3.67. The Morgan fingerprint density at radius 3 is 2.52 bits per heavy atom. The number of nitro benzene ring substituents is 1. The lowest BCUT2D eigenvalue weighted by molar-refractivity contribution is -0.385. The Morgan fingerprint density at radius 2 is 1.89 bits per heavy atom. The van der Waals surface area contributed by atoms with Crippen LogP contribution in [0.1, 0.15) is 48.1 Å². The van der Waals surface area contributed by atoms with Crippen molar-refractivity contribution in [1.82, 2.24) is 10.3 Å². The van der Waals surface area contributed by atoms with Crippen LogP contribution in [0.5, 0.6) is 0 Å². The van der Waals surface area contributed by atoms with Crippen molar-refractivity contribution in [2.75, 3.05) is 0 Å². The molecule has 0 aliphatic carbocycles. The zero-order chi connectivity index (χ0) is 20.0. The topological polar surface area (TPSA) is 111 Å². The van der Waals surface area contributed by atoms with Crippen molar-refractivity contribution in [2.24, 2.45) is 0 Å². The summed E-state index contributed by atoms with van der Waals surface area (Å²) in [6.07, 6.45) is -0.571. The number of benzene rings is 1. The number of amides is 1. The average Bonchev–Trinajstić information content (AvgIpc) is 2.60. The largest absolute Gasteiger partial charge is 0.463 e. The molecule has 0 aliphatic rings. The van der Waals surface area contributed by atoms with Crippen LogP contribution in [0.15, 0.2) is 42.5 Å². The molecule has 1 aromatic carbocycles. The minimum atomic E-state index is -0.923. The first-order chi connectivity index (χ1) is 12.8. The highest BCUT2D eigenvalue weighted by molar-refractivity contribution is 5.93. The van der Waals surface area contributed by atoms with Gasteiger partial charge >= 0.3 is 5.97 Å². The third-order valence-corrected chi connectivity index (χ3v) is 3.67. The average molecular weight is 371 g/mol. The molecule has 8 nitrogen and oxygen atoms in total. The Kier molecular flexibility index (Phi) is 6.59. The molecule has 142 valence electrons. The van der Waals surface area contributed by atoms with Crippen molar-refractivity contribution in [1.29, 1.82) is 0 Å². The fourth-order valence-electron chi connectivity index (χ4n) is 2.57. The lowest BCUT2D eigenvalue weighted by Crippen LogP contribution is -2.32. The van der Waals surface area contributed by atoms with E-state index in [4.69, 9.17) is 4.74 Å². The van der Waals surface area contributed by atoms with Gasteiger partial charge in [0.15, 0.2) is 0 Å². The summed E-state index contributed by atoms with van der Waals surface area (Å²) in [6.45, 7) is 5.15. The van der Waals surface area contributed by atoms with Crippen molar-refractivity contribution in [2.45, 2.75) is 39.3 Å². The summed E-state index contributed by atoms with van der Waals surface area (Å²) in [6, 6.07) is 10.0. The van der Waals surface area contributed by atoms with Gasteiger partial charge in [-0.15, -0.1) is 0 Å². The number of pyridine rings is 1. The molecule has 1 unspecified atom stereocenters. The van der Waals surface area contributed by atoms with Gasteiger partial charge in [0.05, 0.1) is 29.1 Å². The second kappa shape index (κ2) is 8.88. The first kappa shape index (κ1) is 20.0. The van der Waals surface area contributed by atoms with Crippen LogP contribution in [0, 0.1) is 17.0 Å². The van der Waals surface area contributed by atoms with Gasteiger partial charge in [-0.05, 0) is 32.9 Å². The number of nitrogens with zero attached hydrogens (tertiary/aromatic N) is 2. The van der Waals surface area contributed by atoms with E-state index in [9.17, 15) is 19.7 Å². The van der Waals surface area contributed by atoms with Gasteiger partial charge in [-0.1, -0.05) is 24.3 Å². The summed E-state index contributed by atoms with van der Waals surface area (Å²) in [7, 11) is 0. The highest BCUT2D eigenvalue weighted by Gasteiger charge is 2.27. The number of nitro groups is 1. The predicted molar refractivity (Wildman–Crippen MR) is 98.1 cm³/mol. The number of hydrogen-bond acceptors (Lipinski definition) is 6. The first-order valence-electron chi connectivity index (χ1n) is 8.45. The predicted octanol–water partition coefficient (Wildman–Crippen LogP) is 3.11. The quantitative estimate of drug-likeness (QED) is 0.455. The molecule has 1 heterocycles. The molecule has 8 heteroatoms. The lowest BCUT2D eigenvalue weighted by atomic mass is 10.0. The van der Waals surface area contributed by atoms with Crippen molar-refractivity contribution < 1.29 is 19.2 Å². The molecule has 1 amide bonds. The van der Waals surface area contributed by atoms with Gasteiger partial charge in [-0.3, -0.25) is 19.7 Å². The van der Waals surface area contributed by atoms with Crippen molar-refractivity contribution in [3.63, 3.8) is 0 Å². The van der Waals surface area contributed by atoms with Crippen molar-refractivity contribution in [3.8, 4) is 0 Å². The van der Waals surface area contributed by atoms with Gasteiger partial charge in [0.25, 0.3) is 11.6 Å². The summed E-state index contributed by atoms with van der Waals surface area (Å²) in [5.41, 5.74) is 0.862. The van der Waals surface area contributed by atoms with Crippen LogP contribution in [0.25, 0.3) is 0 Å². The maximum atomic E-state index is 12.6. The number of ether oxygens (including phenoxy) is 1. The van der Waals surface area contributed by atoms with E-state index in [1.165, 1.54) is 24.3 Å². The molecule has 0 radical (unpaired) electrons. The number of hydrogen-bond donors (Lipinski definition) is 1. The van der Waals surface area contributed by atoms with E-state index >= 15 is 0 Å². The minimum absolute atomic E-state index is 0.163. The van der Waals surface area contributed by atoms with Crippen LogP contribution < -0.4 is 5.32 Å². The maximum Gasteiger partial charge on any atom is 0.308 e. The van der Waals surface area contributed by atoms with Crippen LogP contribution in [0.3, 0.4) is 0 Å². The van der Waals surface area contributed by atoms with Gasteiger partial charge in [-0.2, -0.15) is 0 Å². The number of carbonyl (C=O) groups is 2. The van der Waals surface area contributed by atoms with E-state index in [-0.39, 0.29) is 29.5 Å². The smallest absolute Gasteiger partial charge is 0.308 e. The van der Waals surface area contributed by atoms with Crippen molar-refractivity contribution >= 4 is 17.6 Å². The first-order valence-corrected chi connectivity index (χ1v) is 8.45. The molecular weight excluding hydrogens is 350 g/mol. The zero-order valence-electron chi connectivity index (χ0n) is 15.3. The van der Waals surface area contributed by atoms with E-state index in [1.807, 2.05) is 0 Å².